The van der Waals surface area contributed by atoms with Gasteiger partial charge in [-0.05, 0) is 53.1 Å². The maximum atomic E-state index is 13.2. The smallest absolute Gasteiger partial charge is 0.187 e. The molecule has 12 nitrogen and oxygen atoms in total. The van der Waals surface area contributed by atoms with E-state index in [4.69, 9.17) is 17.2 Å². The molecule has 0 heterocycles. The van der Waals surface area contributed by atoms with Gasteiger partial charge in [-0.1, -0.05) is 36.4 Å². The van der Waals surface area contributed by atoms with Gasteiger partial charge in [0.05, 0.1) is 34.8 Å². The van der Waals surface area contributed by atoms with E-state index < -0.39 is 70.0 Å². The number of aromatic hydroxyl groups is 6. The van der Waals surface area contributed by atoms with E-state index in [1.807, 2.05) is 0 Å². The van der Waals surface area contributed by atoms with Gasteiger partial charge in [0.1, 0.15) is 0 Å². The van der Waals surface area contributed by atoms with Gasteiger partial charge in [0.2, 0.25) is 0 Å². The molecule has 12 N–H and O–H groups in total. The van der Waals surface area contributed by atoms with Crippen molar-refractivity contribution in [3.05, 3.63) is 106 Å². The zero-order chi connectivity index (χ0) is 30.9. The minimum Gasteiger partial charge on any atom is -0.504 e. The number of phenolic OH excluding ortho intramolecular Hbond substituents is 6. The number of hydrogen-bond donors (Lipinski definition) is 9. The summed E-state index contributed by atoms with van der Waals surface area (Å²) >= 11 is 0. The van der Waals surface area contributed by atoms with Crippen molar-refractivity contribution in [2.45, 2.75) is 18.1 Å². The average molecular weight is 574 g/mol. The Hall–Kier alpha value is -5.43. The van der Waals surface area contributed by atoms with Crippen LogP contribution in [-0.2, 0) is 0 Å². The van der Waals surface area contributed by atoms with Gasteiger partial charge in [-0.2, -0.15) is 0 Å². The Morgan fingerprint density at radius 2 is 0.690 bits per heavy atom. The summed E-state index contributed by atoms with van der Waals surface area (Å²) in [5.74, 6) is -6.27. The predicted molar refractivity (Wildman–Crippen MR) is 150 cm³/mol. The monoisotopic (exact) mass is 573 g/mol. The third-order valence-electron chi connectivity index (χ3n) is 6.77. The first-order valence-electron chi connectivity index (χ1n) is 12.4. The first-order chi connectivity index (χ1) is 19.8. The molecule has 0 radical (unpaired) electrons. The number of para-hydroxylation sites is 3. The Labute approximate surface area is 238 Å². The first-order valence-corrected chi connectivity index (χ1v) is 12.4. The molecule has 0 aliphatic heterocycles. The molecule has 0 aliphatic carbocycles. The van der Waals surface area contributed by atoms with Crippen molar-refractivity contribution in [1.82, 2.24) is 0 Å². The van der Waals surface area contributed by atoms with Crippen molar-refractivity contribution in [3.8, 4) is 34.5 Å². The molecule has 0 saturated heterocycles. The van der Waals surface area contributed by atoms with Gasteiger partial charge >= 0.3 is 0 Å². The lowest BCUT2D eigenvalue weighted by atomic mass is 9.87. The van der Waals surface area contributed by atoms with E-state index in [1.165, 1.54) is 72.8 Å². The summed E-state index contributed by atoms with van der Waals surface area (Å²) in [5, 5.41) is 60.1. The molecule has 3 atom stereocenters. The summed E-state index contributed by atoms with van der Waals surface area (Å²) in [6, 6.07) is 10.6. The van der Waals surface area contributed by atoms with Gasteiger partial charge in [0.15, 0.2) is 51.8 Å². The Morgan fingerprint density at radius 3 is 0.929 bits per heavy atom. The standard InChI is InChI=1S/C30H27N3O9/c31-22(28(40)16-4-1-7-19(34)25(16)37)13-10-14(23(32)29(41)17-5-2-8-20(35)26(17)38)12-15(11-13)24(33)30(42)18-6-3-9-21(36)27(18)39/h1-12,22-24,34-39H,31-33H2. The molecule has 0 saturated carbocycles. The highest BCUT2D eigenvalue weighted by Crippen LogP contribution is 2.36. The van der Waals surface area contributed by atoms with E-state index in [-0.39, 0.29) is 33.4 Å². The molecule has 0 aliphatic rings. The number of rotatable bonds is 9. The molecule has 0 spiro atoms. The van der Waals surface area contributed by atoms with Crippen molar-refractivity contribution in [1.29, 1.82) is 0 Å². The van der Waals surface area contributed by atoms with Crippen LogP contribution in [0.15, 0.2) is 72.8 Å². The van der Waals surface area contributed by atoms with Crippen LogP contribution in [0.5, 0.6) is 34.5 Å². The van der Waals surface area contributed by atoms with Gasteiger partial charge < -0.3 is 47.8 Å². The number of nitrogens with two attached hydrogens (primary N) is 3. The number of carbonyl (C=O) groups is 3. The fourth-order valence-electron chi connectivity index (χ4n) is 4.39. The third-order valence-corrected chi connectivity index (χ3v) is 6.77. The van der Waals surface area contributed by atoms with Crippen molar-refractivity contribution >= 4 is 17.3 Å². The molecular formula is C30H27N3O9. The van der Waals surface area contributed by atoms with Gasteiger partial charge in [0, 0.05) is 0 Å². The van der Waals surface area contributed by atoms with Crippen LogP contribution in [0.2, 0.25) is 0 Å². The topological polar surface area (TPSA) is 251 Å². The number of ketones is 3. The summed E-state index contributed by atoms with van der Waals surface area (Å²) in [5.41, 5.74) is 17.9. The maximum absolute atomic E-state index is 13.2. The zero-order valence-electron chi connectivity index (χ0n) is 21.8. The highest BCUT2D eigenvalue weighted by atomic mass is 16.3. The minimum absolute atomic E-state index is 0.0157. The Bertz CT molecular complexity index is 1510. The Kier molecular flexibility index (Phi) is 8.15. The van der Waals surface area contributed by atoms with Crippen LogP contribution in [0.1, 0.15) is 65.9 Å². The second-order valence-electron chi connectivity index (χ2n) is 9.48. The van der Waals surface area contributed by atoms with Gasteiger partial charge in [-0.25, -0.2) is 0 Å². The molecule has 0 bridgehead atoms. The molecule has 0 amide bonds. The fourth-order valence-corrected chi connectivity index (χ4v) is 4.39. The number of benzene rings is 4. The van der Waals surface area contributed by atoms with Crippen LogP contribution in [0.4, 0.5) is 0 Å². The van der Waals surface area contributed by atoms with E-state index in [2.05, 4.69) is 0 Å². The molecule has 12 heteroatoms. The molecule has 3 unspecified atom stereocenters. The summed E-state index contributed by atoms with van der Waals surface area (Å²) in [6.45, 7) is 0. The molecule has 4 rings (SSSR count). The molecule has 42 heavy (non-hydrogen) atoms. The van der Waals surface area contributed by atoms with Crippen molar-refractivity contribution in [2.75, 3.05) is 0 Å². The van der Waals surface area contributed by atoms with Crippen molar-refractivity contribution in [3.63, 3.8) is 0 Å². The van der Waals surface area contributed by atoms with Gasteiger partial charge in [-0.15, -0.1) is 0 Å². The van der Waals surface area contributed by atoms with Crippen molar-refractivity contribution < 1.29 is 45.0 Å². The predicted octanol–water partition coefficient (Wildman–Crippen LogP) is 2.57. The lowest BCUT2D eigenvalue weighted by Gasteiger charge is -2.21. The normalized spacial score (nSPS) is 13.2. The SMILES string of the molecule is NC(C(=O)c1cccc(O)c1O)c1cc(C(N)C(=O)c2cccc(O)c2O)cc(C(N)C(=O)c2cccc(O)c2O)c1. The van der Waals surface area contributed by atoms with Gasteiger partial charge in [-0.3, -0.25) is 14.4 Å². The quantitative estimate of drug-likeness (QED) is 0.103. The zero-order valence-corrected chi connectivity index (χ0v) is 21.8. The highest BCUT2D eigenvalue weighted by molar-refractivity contribution is 6.05. The van der Waals surface area contributed by atoms with E-state index in [9.17, 15) is 45.0 Å². The lowest BCUT2D eigenvalue weighted by Crippen LogP contribution is -2.27. The number of phenols is 6. The van der Waals surface area contributed by atoms with Crippen LogP contribution in [0.25, 0.3) is 0 Å². The molecular weight excluding hydrogens is 546 g/mol. The van der Waals surface area contributed by atoms with Gasteiger partial charge in [0.25, 0.3) is 0 Å². The largest absolute Gasteiger partial charge is 0.504 e. The number of Topliss-reactive ketones (excluding diaryl/α,β-unsaturated/α-hetero) is 3. The van der Waals surface area contributed by atoms with Crippen LogP contribution >= 0.6 is 0 Å². The van der Waals surface area contributed by atoms with E-state index in [1.54, 1.807) is 0 Å². The van der Waals surface area contributed by atoms with E-state index >= 15 is 0 Å². The van der Waals surface area contributed by atoms with E-state index in [0.717, 1.165) is 0 Å². The second kappa shape index (κ2) is 11.6. The maximum Gasteiger partial charge on any atom is 0.187 e. The molecule has 0 aromatic heterocycles. The molecule has 0 fully saturated rings. The Morgan fingerprint density at radius 1 is 0.452 bits per heavy atom. The first kappa shape index (κ1) is 29.6. The Balaban J connectivity index is 1.83. The number of carbonyl (C=O) groups excluding carboxylic acids is 3. The second-order valence-corrected chi connectivity index (χ2v) is 9.48. The minimum atomic E-state index is -1.51. The van der Waals surface area contributed by atoms with Crippen LogP contribution < -0.4 is 17.2 Å². The van der Waals surface area contributed by atoms with Crippen LogP contribution in [0.3, 0.4) is 0 Å². The summed E-state index contributed by atoms with van der Waals surface area (Å²) in [4.78, 5) is 39.7. The molecule has 216 valence electrons. The summed E-state index contributed by atoms with van der Waals surface area (Å²) < 4.78 is 0. The number of hydrogen-bond acceptors (Lipinski definition) is 12. The third kappa shape index (κ3) is 5.45. The highest BCUT2D eigenvalue weighted by Gasteiger charge is 2.29. The summed E-state index contributed by atoms with van der Waals surface area (Å²) in [7, 11) is 0. The average Bonchev–Trinajstić information content (AvgIpc) is 2.98. The lowest BCUT2D eigenvalue weighted by molar-refractivity contribution is 0.0952. The molecule has 4 aromatic carbocycles. The van der Waals surface area contributed by atoms with Crippen LogP contribution in [-0.4, -0.2) is 48.0 Å². The van der Waals surface area contributed by atoms with E-state index in [0.29, 0.717) is 0 Å². The molecule has 4 aromatic rings. The summed E-state index contributed by atoms with van der Waals surface area (Å²) in [6.07, 6.45) is 0. The van der Waals surface area contributed by atoms with Crippen LogP contribution in [0, 0.1) is 0 Å². The van der Waals surface area contributed by atoms with Crippen molar-refractivity contribution in [2.24, 2.45) is 17.2 Å². The fraction of sp³-hybridized carbons (Fsp3) is 0.100.